The number of fused-ring (bicyclic) bond motifs is 1. The average Bonchev–Trinajstić information content (AvgIpc) is 3.51. The van der Waals surface area contributed by atoms with Crippen LogP contribution in [0.15, 0.2) is 128 Å². The van der Waals surface area contributed by atoms with Crippen molar-refractivity contribution in [3.8, 4) is 17.3 Å². The van der Waals surface area contributed by atoms with Crippen molar-refractivity contribution >= 4 is 65.8 Å². The second kappa shape index (κ2) is 15.0. The molecule has 0 saturated carbocycles. The molecule has 0 fully saturated rings. The third-order valence-corrected chi connectivity index (χ3v) is 8.79. The first kappa shape index (κ1) is 36.3. The van der Waals surface area contributed by atoms with Gasteiger partial charge in [0.15, 0.2) is 5.65 Å². The smallest absolute Gasteiger partial charge is 0.390 e. The van der Waals surface area contributed by atoms with Crippen molar-refractivity contribution < 1.29 is 19.1 Å². The molecule has 4 aromatic carbocycles. The Morgan fingerprint density at radius 1 is 0.698 bits per heavy atom. The number of nitrogens with one attached hydrogen (secondary N) is 1. The van der Waals surface area contributed by atoms with E-state index in [1.807, 2.05) is 97.1 Å². The Morgan fingerprint density at radius 3 is 1.58 bits per heavy atom. The Morgan fingerprint density at radius 2 is 1.15 bits per heavy atom. The Hall–Kier alpha value is -6.51. The van der Waals surface area contributed by atoms with E-state index in [9.17, 15) is 14.4 Å². The van der Waals surface area contributed by atoms with Gasteiger partial charge >= 0.3 is 12.1 Å². The number of carbonyl (C=O) groups is 3. The van der Waals surface area contributed by atoms with Gasteiger partial charge in [0.2, 0.25) is 17.7 Å². The number of rotatable bonds is 6. The van der Waals surface area contributed by atoms with Crippen molar-refractivity contribution in [1.29, 1.82) is 0 Å². The second-order valence-corrected chi connectivity index (χ2v) is 19.1. The zero-order valence-corrected chi connectivity index (χ0v) is 31.5. The third-order valence-electron chi connectivity index (χ3n) is 7.91. The number of nitrogens with zero attached hydrogens (tertiary/aromatic N) is 5. The fourth-order valence-electron chi connectivity index (χ4n) is 5.28. The van der Waals surface area contributed by atoms with E-state index in [1.54, 1.807) is 56.1 Å². The molecule has 266 valence electrons. The first-order valence-corrected chi connectivity index (χ1v) is 20.6. The van der Waals surface area contributed by atoms with Crippen molar-refractivity contribution in [3.63, 3.8) is 0 Å². The molecular formula is C42H40N6O4Si. The van der Waals surface area contributed by atoms with Crippen LogP contribution in [-0.4, -0.2) is 40.6 Å². The normalized spacial score (nSPS) is 11.3. The highest BCUT2D eigenvalue weighted by Crippen LogP contribution is 2.34. The van der Waals surface area contributed by atoms with Crippen LogP contribution in [0.3, 0.4) is 0 Å². The second-order valence-electron chi connectivity index (χ2n) is 14.3. The van der Waals surface area contributed by atoms with Gasteiger partial charge in [0.25, 0.3) is 0 Å². The maximum atomic E-state index is 14.9. The first-order valence-electron chi connectivity index (χ1n) is 17.1. The average molecular weight is 721 g/mol. The molecule has 0 aliphatic heterocycles. The molecule has 6 rings (SSSR count). The number of anilines is 5. The van der Waals surface area contributed by atoms with E-state index >= 15 is 0 Å². The van der Waals surface area contributed by atoms with Gasteiger partial charge in [-0.15, -0.1) is 5.54 Å². The number of benzene rings is 4. The number of hydrogen-bond donors (Lipinski definition) is 1. The fourth-order valence-corrected chi connectivity index (χ4v) is 5.79. The van der Waals surface area contributed by atoms with Gasteiger partial charge in [0.05, 0.1) is 33.7 Å². The first-order chi connectivity index (χ1) is 25.3. The topological polar surface area (TPSA) is 110 Å². The molecule has 0 unspecified atom stereocenters. The van der Waals surface area contributed by atoms with Crippen LogP contribution in [0.5, 0.6) is 5.88 Å². The summed E-state index contributed by atoms with van der Waals surface area (Å²) in [6.45, 7) is 11.6. The molecule has 0 atom stereocenters. The number of amides is 3. The van der Waals surface area contributed by atoms with Gasteiger partial charge in [-0.1, -0.05) is 119 Å². The summed E-state index contributed by atoms with van der Waals surface area (Å²) in [4.78, 5) is 54.8. The lowest BCUT2D eigenvalue weighted by Crippen LogP contribution is -2.31. The van der Waals surface area contributed by atoms with Crippen LogP contribution in [0.1, 0.15) is 26.3 Å². The number of carbonyl (C=O) groups excluding carboxylic acids is 3. The molecule has 0 bridgehead atoms. The van der Waals surface area contributed by atoms with Crippen LogP contribution in [0, 0.1) is 16.9 Å². The van der Waals surface area contributed by atoms with Crippen LogP contribution < -0.4 is 19.9 Å². The van der Waals surface area contributed by atoms with E-state index in [1.165, 1.54) is 9.47 Å². The van der Waals surface area contributed by atoms with Gasteiger partial charge in [-0.2, -0.15) is 9.97 Å². The van der Waals surface area contributed by atoms with Gasteiger partial charge in [-0.05, 0) is 48.5 Å². The minimum atomic E-state index is -1.96. The summed E-state index contributed by atoms with van der Waals surface area (Å²) >= 11 is 0. The molecule has 11 heteroatoms. The molecule has 0 aliphatic carbocycles. The zero-order chi connectivity index (χ0) is 37.8. The van der Waals surface area contributed by atoms with Crippen LogP contribution >= 0.6 is 0 Å². The Kier molecular flexibility index (Phi) is 10.3. The third kappa shape index (κ3) is 8.35. The molecule has 0 aliphatic rings. The van der Waals surface area contributed by atoms with E-state index in [-0.39, 0.29) is 28.8 Å². The van der Waals surface area contributed by atoms with Crippen LogP contribution in [0.2, 0.25) is 19.6 Å². The lowest BCUT2D eigenvalue weighted by molar-refractivity contribution is -0.123. The fraction of sp³-hybridized carbons (Fsp3) is 0.167. The summed E-state index contributed by atoms with van der Waals surface area (Å²) in [5.74, 6) is 2.57. The highest BCUT2D eigenvalue weighted by atomic mass is 28.3. The maximum Gasteiger partial charge on any atom is 0.425 e. The Bertz CT molecular complexity index is 2250. The number of aromatic nitrogens is 3. The van der Waals surface area contributed by atoms with Crippen LogP contribution in [-0.2, 0) is 4.79 Å². The SMILES string of the molecule is CC(C)(C)C(=O)Nc1nc(OC(=O)N(c2ccccc2)c2ccccc2)c2c(C#C[Si](C)(C)C)cn(C(=O)N(c3ccccc3)c3ccccc3)c2n1. The number of ether oxygens (including phenoxy) is 1. The largest absolute Gasteiger partial charge is 0.425 e. The van der Waals surface area contributed by atoms with Crippen molar-refractivity contribution in [3.05, 3.63) is 133 Å². The maximum absolute atomic E-state index is 14.9. The lowest BCUT2D eigenvalue weighted by Gasteiger charge is -2.24. The van der Waals surface area contributed by atoms with Gasteiger partial charge < -0.3 is 4.74 Å². The van der Waals surface area contributed by atoms with Crippen LogP contribution in [0.4, 0.5) is 38.3 Å². The van der Waals surface area contributed by atoms with Gasteiger partial charge in [0, 0.05) is 11.6 Å². The Balaban J connectivity index is 1.59. The standard InChI is InChI=1S/C42H40N6O4Si/c1-42(2,3)38(49)45-39-43-36-35(37(44-39)52-41(51)48(33-23-15-9-16-24-33)34-25-17-10-18-26-34)30(27-28-53(4,5)6)29-46(36)40(50)47(31-19-11-7-12-20-31)32-21-13-8-14-22-32/h7-26,29H,1-6H3,(H,43,44,45,49). The van der Waals surface area contributed by atoms with Crippen molar-refractivity contribution in [2.45, 2.75) is 40.4 Å². The number of para-hydroxylation sites is 4. The monoisotopic (exact) mass is 720 g/mol. The van der Waals surface area contributed by atoms with E-state index < -0.39 is 25.6 Å². The highest BCUT2D eigenvalue weighted by molar-refractivity contribution is 6.83. The molecule has 10 nitrogen and oxygen atoms in total. The zero-order valence-electron chi connectivity index (χ0n) is 30.5. The Labute approximate surface area is 310 Å². The van der Waals surface area contributed by atoms with Gasteiger partial charge in [0.1, 0.15) is 8.07 Å². The van der Waals surface area contributed by atoms with Crippen molar-refractivity contribution in [1.82, 2.24) is 14.5 Å². The molecule has 3 amide bonds. The summed E-state index contributed by atoms with van der Waals surface area (Å²) in [6, 6.07) is 36.2. The summed E-state index contributed by atoms with van der Waals surface area (Å²) in [7, 11) is -1.96. The minimum Gasteiger partial charge on any atom is -0.390 e. The lowest BCUT2D eigenvalue weighted by atomic mass is 9.96. The molecule has 1 N–H and O–H groups in total. The predicted molar refractivity (Wildman–Crippen MR) is 213 cm³/mol. The molecule has 2 aromatic heterocycles. The predicted octanol–water partition coefficient (Wildman–Crippen LogP) is 9.79. The molecule has 2 heterocycles. The quantitative estimate of drug-likeness (QED) is 0.136. The summed E-state index contributed by atoms with van der Waals surface area (Å²) in [5, 5.41) is 3.01. The molecule has 53 heavy (non-hydrogen) atoms. The van der Waals surface area contributed by atoms with E-state index in [0.29, 0.717) is 28.3 Å². The summed E-state index contributed by atoms with van der Waals surface area (Å²) < 4.78 is 7.55. The van der Waals surface area contributed by atoms with E-state index in [0.717, 1.165) is 0 Å². The molecule has 0 radical (unpaired) electrons. The van der Waals surface area contributed by atoms with Crippen LogP contribution in [0.25, 0.3) is 11.0 Å². The van der Waals surface area contributed by atoms with Crippen molar-refractivity contribution in [2.24, 2.45) is 5.41 Å². The summed E-state index contributed by atoms with van der Waals surface area (Å²) in [5.41, 5.74) is 5.39. The van der Waals surface area contributed by atoms with Crippen molar-refractivity contribution in [2.75, 3.05) is 15.1 Å². The molecular weight excluding hydrogens is 681 g/mol. The minimum absolute atomic E-state index is 0.0970. The van der Waals surface area contributed by atoms with E-state index in [4.69, 9.17) is 9.72 Å². The molecule has 0 saturated heterocycles. The summed E-state index contributed by atoms with van der Waals surface area (Å²) in [6.07, 6.45) is 0.820. The van der Waals surface area contributed by atoms with Gasteiger partial charge in [-0.3, -0.25) is 19.6 Å². The highest BCUT2D eigenvalue weighted by Gasteiger charge is 2.30. The van der Waals surface area contributed by atoms with E-state index in [2.05, 4.69) is 41.4 Å². The number of hydrogen-bond acceptors (Lipinski definition) is 6. The van der Waals surface area contributed by atoms with Gasteiger partial charge in [-0.25, -0.2) is 14.5 Å². The molecule has 6 aromatic rings. The molecule has 0 spiro atoms.